The highest BCUT2D eigenvalue weighted by Gasteiger charge is 2.32. The van der Waals surface area contributed by atoms with Gasteiger partial charge in [0.25, 0.3) is 5.91 Å². The van der Waals surface area contributed by atoms with Gasteiger partial charge in [0.1, 0.15) is 0 Å². The van der Waals surface area contributed by atoms with Crippen molar-refractivity contribution in [3.8, 4) is 11.1 Å². The van der Waals surface area contributed by atoms with E-state index >= 15 is 0 Å². The lowest BCUT2D eigenvalue weighted by molar-refractivity contribution is -0.137. The molecule has 0 saturated carbocycles. The van der Waals surface area contributed by atoms with E-state index in [1.807, 2.05) is 12.1 Å². The average Bonchev–Trinajstić information content (AvgIpc) is 3.28. The number of benzene rings is 4. The highest BCUT2D eigenvalue weighted by atomic mass is 32.2. The van der Waals surface area contributed by atoms with Gasteiger partial charge >= 0.3 is 5.97 Å². The number of rotatable bonds is 8. The predicted molar refractivity (Wildman–Crippen MR) is 157 cm³/mol. The number of nitrogens with zero attached hydrogens (tertiary/aromatic N) is 1. The zero-order chi connectivity index (χ0) is 29.4. The Balaban J connectivity index is 1.27. The second-order valence-corrected chi connectivity index (χ2v) is 12.5. The molecule has 9 heteroatoms. The SMILES string of the molecule is O=C(O)CC(NC(=O)c1cccc2c1-c1ccccc1C2=O)c1ccc2c(c1)CN(S(=O)(=O)Cc1ccccc1)CC2. The van der Waals surface area contributed by atoms with Crippen LogP contribution in [0.25, 0.3) is 11.1 Å². The Morgan fingerprint density at radius 1 is 0.857 bits per heavy atom. The molecule has 8 nitrogen and oxygen atoms in total. The van der Waals surface area contributed by atoms with Crippen molar-refractivity contribution in [1.29, 1.82) is 0 Å². The second-order valence-electron chi connectivity index (χ2n) is 10.6. The van der Waals surface area contributed by atoms with Crippen molar-refractivity contribution in [3.05, 3.63) is 130 Å². The van der Waals surface area contributed by atoms with Gasteiger partial charge in [-0.15, -0.1) is 0 Å². The molecule has 1 atom stereocenters. The van der Waals surface area contributed by atoms with Crippen LogP contribution in [-0.4, -0.2) is 42.0 Å². The van der Waals surface area contributed by atoms with Gasteiger partial charge in [0.05, 0.1) is 18.2 Å². The molecule has 1 heterocycles. The fraction of sp³-hybridized carbons (Fsp3) is 0.182. The largest absolute Gasteiger partial charge is 0.481 e. The molecule has 4 aromatic carbocycles. The number of aliphatic carboxylic acids is 1. The summed E-state index contributed by atoms with van der Waals surface area (Å²) in [5, 5.41) is 12.6. The number of nitrogens with one attached hydrogen (secondary N) is 1. The summed E-state index contributed by atoms with van der Waals surface area (Å²) < 4.78 is 27.9. The van der Waals surface area contributed by atoms with Crippen molar-refractivity contribution < 1.29 is 27.9 Å². The van der Waals surface area contributed by atoms with E-state index in [1.165, 1.54) is 4.31 Å². The fourth-order valence-electron chi connectivity index (χ4n) is 5.81. The number of amides is 1. The second kappa shape index (κ2) is 11.0. The first kappa shape index (κ1) is 27.6. The maximum Gasteiger partial charge on any atom is 0.305 e. The van der Waals surface area contributed by atoms with E-state index < -0.39 is 27.9 Å². The Bertz CT molecular complexity index is 1830. The van der Waals surface area contributed by atoms with Crippen molar-refractivity contribution in [2.24, 2.45) is 0 Å². The third kappa shape index (κ3) is 5.24. The van der Waals surface area contributed by atoms with Gasteiger partial charge < -0.3 is 10.4 Å². The number of sulfonamides is 1. The van der Waals surface area contributed by atoms with Crippen molar-refractivity contribution in [2.45, 2.75) is 31.2 Å². The number of fused-ring (bicyclic) bond motifs is 4. The maximum atomic E-state index is 13.6. The molecule has 2 aliphatic rings. The molecule has 1 aliphatic carbocycles. The standard InChI is InChI=1S/C33H28N2O6S/c36-30(37)18-29(34-33(39)28-12-6-11-27-31(28)25-9-4-5-10-26(25)32(27)38)23-14-13-22-15-16-35(19-24(22)17-23)42(40,41)20-21-7-2-1-3-8-21/h1-14,17,29H,15-16,18-20H2,(H,34,39)(H,36,37). The molecular formula is C33H28N2O6S. The van der Waals surface area contributed by atoms with E-state index in [0.29, 0.717) is 46.3 Å². The first-order valence-corrected chi connectivity index (χ1v) is 15.3. The lowest BCUT2D eigenvalue weighted by Gasteiger charge is -2.29. The highest BCUT2D eigenvalue weighted by Crippen LogP contribution is 2.39. The van der Waals surface area contributed by atoms with Gasteiger partial charge in [-0.3, -0.25) is 14.4 Å². The molecule has 0 fully saturated rings. The average molecular weight is 581 g/mol. The molecule has 1 amide bonds. The summed E-state index contributed by atoms with van der Waals surface area (Å²) in [6, 6.07) is 25.7. The van der Waals surface area contributed by atoms with Crippen molar-refractivity contribution in [3.63, 3.8) is 0 Å². The predicted octanol–water partition coefficient (Wildman–Crippen LogP) is 4.73. The third-order valence-corrected chi connectivity index (χ3v) is 9.67. The number of hydrogen-bond donors (Lipinski definition) is 2. The molecule has 1 aliphatic heterocycles. The minimum atomic E-state index is -3.58. The fourth-order valence-corrected chi connectivity index (χ4v) is 7.31. The van der Waals surface area contributed by atoms with Crippen LogP contribution in [0.5, 0.6) is 0 Å². The number of carbonyl (C=O) groups is 3. The van der Waals surface area contributed by atoms with E-state index in [9.17, 15) is 27.9 Å². The number of hydrogen-bond acceptors (Lipinski definition) is 5. The van der Waals surface area contributed by atoms with Gasteiger partial charge in [0, 0.05) is 35.3 Å². The van der Waals surface area contributed by atoms with Gasteiger partial charge in [-0.25, -0.2) is 8.42 Å². The maximum absolute atomic E-state index is 13.6. The normalized spacial score (nSPS) is 14.9. The summed E-state index contributed by atoms with van der Waals surface area (Å²) in [7, 11) is -3.58. The zero-order valence-corrected chi connectivity index (χ0v) is 23.4. The summed E-state index contributed by atoms with van der Waals surface area (Å²) in [4.78, 5) is 38.4. The Hall–Kier alpha value is -4.60. The zero-order valence-electron chi connectivity index (χ0n) is 22.6. The monoisotopic (exact) mass is 580 g/mol. The topological polar surface area (TPSA) is 121 Å². The minimum Gasteiger partial charge on any atom is -0.481 e. The molecule has 42 heavy (non-hydrogen) atoms. The van der Waals surface area contributed by atoms with Crippen molar-refractivity contribution >= 4 is 27.7 Å². The Kier molecular flexibility index (Phi) is 7.22. The van der Waals surface area contributed by atoms with Crippen LogP contribution >= 0.6 is 0 Å². The Morgan fingerprint density at radius 2 is 1.57 bits per heavy atom. The van der Waals surface area contributed by atoms with Crippen molar-refractivity contribution in [2.75, 3.05) is 6.54 Å². The summed E-state index contributed by atoms with van der Waals surface area (Å²) in [5.41, 5.74) is 5.49. The van der Waals surface area contributed by atoms with Gasteiger partial charge in [0.15, 0.2) is 5.78 Å². The minimum absolute atomic E-state index is 0.104. The van der Waals surface area contributed by atoms with Gasteiger partial charge in [-0.2, -0.15) is 4.31 Å². The first-order chi connectivity index (χ1) is 20.2. The number of carboxylic acids is 1. The van der Waals surface area contributed by atoms with Crippen molar-refractivity contribution in [1.82, 2.24) is 9.62 Å². The van der Waals surface area contributed by atoms with Crippen LogP contribution in [-0.2, 0) is 33.5 Å². The molecule has 212 valence electrons. The van der Waals surface area contributed by atoms with E-state index in [1.54, 1.807) is 78.9 Å². The summed E-state index contributed by atoms with van der Waals surface area (Å²) in [6.07, 6.45) is 0.161. The molecule has 2 N–H and O–H groups in total. The molecule has 0 radical (unpaired) electrons. The smallest absolute Gasteiger partial charge is 0.305 e. The number of carboxylic acid groups (broad SMARTS) is 1. The van der Waals surface area contributed by atoms with Gasteiger partial charge in [-0.05, 0) is 40.3 Å². The molecule has 0 spiro atoms. The van der Waals surface area contributed by atoms with Crippen LogP contribution in [0, 0.1) is 0 Å². The lowest BCUT2D eigenvalue weighted by atomic mass is 9.94. The van der Waals surface area contributed by atoms with Crippen LogP contribution in [0.15, 0.2) is 91.0 Å². The number of carbonyl (C=O) groups excluding carboxylic acids is 2. The quantitative estimate of drug-likeness (QED) is 0.274. The highest BCUT2D eigenvalue weighted by molar-refractivity contribution is 7.88. The lowest BCUT2D eigenvalue weighted by Crippen LogP contribution is -2.37. The number of ketones is 1. The summed E-state index contributed by atoms with van der Waals surface area (Å²) in [6.45, 7) is 0.521. The summed E-state index contributed by atoms with van der Waals surface area (Å²) >= 11 is 0. The van der Waals surface area contributed by atoms with E-state index in [2.05, 4.69) is 5.32 Å². The van der Waals surface area contributed by atoms with Gasteiger partial charge in [0.2, 0.25) is 10.0 Å². The van der Waals surface area contributed by atoms with Crippen LogP contribution in [0.3, 0.4) is 0 Å². The molecule has 4 aromatic rings. The van der Waals surface area contributed by atoms with Crippen LogP contribution < -0.4 is 5.32 Å². The van der Waals surface area contributed by atoms with Crippen LogP contribution in [0.4, 0.5) is 0 Å². The van der Waals surface area contributed by atoms with Crippen LogP contribution in [0.2, 0.25) is 0 Å². The third-order valence-electron chi connectivity index (χ3n) is 7.87. The summed E-state index contributed by atoms with van der Waals surface area (Å²) in [5.74, 6) is -1.84. The molecular weight excluding hydrogens is 552 g/mol. The molecule has 0 saturated heterocycles. The Labute approximate surface area is 243 Å². The molecule has 0 aromatic heterocycles. The van der Waals surface area contributed by atoms with E-state index in [0.717, 1.165) is 11.1 Å². The Morgan fingerprint density at radius 3 is 2.33 bits per heavy atom. The van der Waals surface area contributed by atoms with Gasteiger partial charge in [-0.1, -0.05) is 84.9 Å². The van der Waals surface area contributed by atoms with E-state index in [4.69, 9.17) is 0 Å². The van der Waals surface area contributed by atoms with Crippen LogP contribution in [0.1, 0.15) is 61.0 Å². The molecule has 6 rings (SSSR count). The van der Waals surface area contributed by atoms with E-state index in [-0.39, 0.29) is 30.1 Å². The first-order valence-electron chi connectivity index (χ1n) is 13.6. The molecule has 0 bridgehead atoms. The molecule has 1 unspecified atom stereocenters.